The smallest absolute Gasteiger partial charge is 0.0732 e. The third-order valence-electron chi connectivity index (χ3n) is 11.9. The van der Waals surface area contributed by atoms with Gasteiger partial charge in [-0.15, -0.1) is 0 Å². The van der Waals surface area contributed by atoms with Gasteiger partial charge in [-0.3, -0.25) is 15.0 Å². The zero-order valence-corrected chi connectivity index (χ0v) is 36.4. The molecule has 0 saturated heterocycles. The summed E-state index contributed by atoms with van der Waals surface area (Å²) in [5, 5.41) is 0. The van der Waals surface area contributed by atoms with Crippen LogP contribution in [0.3, 0.4) is 0 Å². The second-order valence-electron chi connectivity index (χ2n) is 16.7. The minimum absolute atomic E-state index is 0.963. The highest BCUT2D eigenvalue weighted by molar-refractivity contribution is 6.01. The van der Waals surface area contributed by atoms with Crippen molar-refractivity contribution in [3.63, 3.8) is 0 Å². The molecular weight excluding hydrogens is 769 g/mol. The van der Waals surface area contributed by atoms with E-state index in [1.807, 2.05) is 20.8 Å². The quantitative estimate of drug-likeness (QED) is 0.130. The van der Waals surface area contributed by atoms with Crippen molar-refractivity contribution in [3.8, 4) is 33.4 Å². The lowest BCUT2D eigenvalue weighted by Gasteiger charge is -2.15. The second kappa shape index (κ2) is 16.2. The molecule has 0 radical (unpaired) electrons. The zero-order valence-electron chi connectivity index (χ0n) is 36.4. The van der Waals surface area contributed by atoms with Gasteiger partial charge >= 0.3 is 0 Å². The highest BCUT2D eigenvalue weighted by atomic mass is 14.8. The Kier molecular flexibility index (Phi) is 10.1. The van der Waals surface area contributed by atoms with Crippen LogP contribution in [0.5, 0.6) is 0 Å². The lowest BCUT2D eigenvalue weighted by molar-refractivity contribution is 1.23. The molecule has 10 rings (SSSR count). The van der Waals surface area contributed by atoms with E-state index >= 15 is 0 Å². The van der Waals surface area contributed by atoms with Gasteiger partial charge in [0.2, 0.25) is 0 Å². The summed E-state index contributed by atoms with van der Waals surface area (Å²) >= 11 is 0. The summed E-state index contributed by atoms with van der Waals surface area (Å²) in [5.41, 5.74) is 25.8. The molecule has 306 valence electrons. The van der Waals surface area contributed by atoms with Crippen molar-refractivity contribution in [2.75, 3.05) is 0 Å². The highest BCUT2D eigenvalue weighted by Crippen LogP contribution is 2.38. The fraction of sp³-hybridized carbons (Fsp3) is 0.105. The maximum absolute atomic E-state index is 4.88. The first-order valence-corrected chi connectivity index (χ1v) is 21.5. The van der Waals surface area contributed by atoms with Crippen LogP contribution in [0.15, 0.2) is 196 Å². The molecule has 0 atom stereocenters. The molecule has 0 bridgehead atoms. The predicted octanol–water partition coefficient (Wildman–Crippen LogP) is 14.0. The maximum Gasteiger partial charge on any atom is 0.0732 e. The van der Waals surface area contributed by atoms with Gasteiger partial charge in [-0.05, 0) is 183 Å². The monoisotopic (exact) mass is 816 g/mol. The van der Waals surface area contributed by atoms with E-state index in [0.717, 1.165) is 135 Å². The Bertz CT molecular complexity index is 2870. The van der Waals surface area contributed by atoms with Crippen LogP contribution in [-0.4, -0.2) is 32.1 Å². The number of aryl methyl sites for hydroxylation is 3. The van der Waals surface area contributed by atoms with E-state index in [1.165, 1.54) is 0 Å². The topological polar surface area (TPSA) is 84.4 Å². The number of hydrogen-bond donors (Lipinski definition) is 3. The van der Waals surface area contributed by atoms with E-state index in [4.69, 9.17) is 15.0 Å². The van der Waals surface area contributed by atoms with Crippen molar-refractivity contribution in [1.82, 2.24) is 15.0 Å². The number of aromatic amines is 3. The van der Waals surface area contributed by atoms with Crippen molar-refractivity contribution in [2.45, 2.75) is 41.5 Å². The molecule has 7 aromatic rings. The molecule has 0 fully saturated rings. The fourth-order valence-electron chi connectivity index (χ4n) is 8.70. The first kappa shape index (κ1) is 39.3. The van der Waals surface area contributed by atoms with E-state index in [1.54, 1.807) is 0 Å². The van der Waals surface area contributed by atoms with E-state index in [-0.39, 0.29) is 0 Å². The molecule has 3 aromatic heterocycles. The van der Waals surface area contributed by atoms with Crippen LogP contribution in [0, 0.1) is 20.8 Å². The molecule has 6 heteroatoms. The van der Waals surface area contributed by atoms with Gasteiger partial charge in [0.25, 0.3) is 0 Å². The Morgan fingerprint density at radius 2 is 0.571 bits per heavy atom. The SMILES string of the molecule is CC1=NC(=C(c2ccc(-c3cc(-c4ccc(C(=C5C=CC(C)=N5)c5ccc(C)[nH]5)cc4)cc(-c4ccc(C(=C5C=CC(C)=N5)c5ccc(C)[nH]5)cc4)c3)cc2)c2ccc(C)[nH]2)C=C1. The molecule has 4 aromatic carbocycles. The van der Waals surface area contributed by atoms with Crippen LogP contribution < -0.4 is 0 Å². The highest BCUT2D eigenvalue weighted by Gasteiger charge is 2.19. The zero-order chi connectivity index (χ0) is 43.2. The number of H-pyrrole nitrogens is 3. The third-order valence-corrected chi connectivity index (χ3v) is 11.9. The molecule has 0 amide bonds. The normalized spacial score (nSPS) is 16.8. The van der Waals surface area contributed by atoms with Crippen molar-refractivity contribution in [1.29, 1.82) is 0 Å². The molecular formula is C57H48N6. The Morgan fingerprint density at radius 3 is 0.778 bits per heavy atom. The van der Waals surface area contributed by atoms with Crippen LogP contribution in [0.2, 0.25) is 0 Å². The van der Waals surface area contributed by atoms with Gasteiger partial charge in [0.15, 0.2) is 0 Å². The molecule has 0 aliphatic carbocycles. The van der Waals surface area contributed by atoms with Crippen LogP contribution in [0.4, 0.5) is 0 Å². The Balaban J connectivity index is 1.07. The lowest BCUT2D eigenvalue weighted by Crippen LogP contribution is -1.94. The van der Waals surface area contributed by atoms with E-state index < -0.39 is 0 Å². The summed E-state index contributed by atoms with van der Waals surface area (Å²) in [5.74, 6) is 0. The average Bonchev–Trinajstić information content (AvgIpc) is 4.18. The lowest BCUT2D eigenvalue weighted by atomic mass is 9.90. The molecule has 6 nitrogen and oxygen atoms in total. The predicted molar refractivity (Wildman–Crippen MR) is 264 cm³/mol. The summed E-state index contributed by atoms with van der Waals surface area (Å²) in [4.78, 5) is 25.3. The Morgan fingerprint density at radius 1 is 0.302 bits per heavy atom. The molecule has 6 heterocycles. The summed E-state index contributed by atoms with van der Waals surface area (Å²) in [6.45, 7) is 12.4. The first-order chi connectivity index (χ1) is 30.6. The first-order valence-electron chi connectivity index (χ1n) is 21.5. The van der Waals surface area contributed by atoms with Gasteiger partial charge in [0.1, 0.15) is 0 Å². The molecule has 0 saturated carbocycles. The van der Waals surface area contributed by atoms with Gasteiger partial charge < -0.3 is 15.0 Å². The number of nitrogens with zero attached hydrogens (tertiary/aromatic N) is 3. The number of rotatable bonds is 9. The van der Waals surface area contributed by atoms with Gasteiger partial charge in [-0.25, -0.2) is 0 Å². The summed E-state index contributed by atoms with van der Waals surface area (Å²) in [6.07, 6.45) is 12.5. The van der Waals surface area contributed by atoms with Crippen molar-refractivity contribution in [3.05, 3.63) is 232 Å². The molecule has 3 aliphatic heterocycles. The minimum Gasteiger partial charge on any atom is -0.359 e. The van der Waals surface area contributed by atoms with E-state index in [0.29, 0.717) is 0 Å². The van der Waals surface area contributed by atoms with E-state index in [2.05, 4.69) is 200 Å². The van der Waals surface area contributed by atoms with Crippen LogP contribution in [-0.2, 0) is 0 Å². The van der Waals surface area contributed by atoms with Gasteiger partial charge in [-0.2, -0.15) is 0 Å². The van der Waals surface area contributed by atoms with E-state index in [9.17, 15) is 0 Å². The Hall–Kier alpha value is -7.83. The summed E-state index contributed by atoms with van der Waals surface area (Å²) in [6, 6.07) is 46.4. The molecule has 0 unspecified atom stereocenters. The summed E-state index contributed by atoms with van der Waals surface area (Å²) in [7, 11) is 0. The number of nitrogens with one attached hydrogen (secondary N) is 3. The number of aliphatic imine (C=N–C) groups is 3. The largest absolute Gasteiger partial charge is 0.359 e. The van der Waals surface area contributed by atoms with Gasteiger partial charge in [0, 0.05) is 68.0 Å². The van der Waals surface area contributed by atoms with Crippen LogP contribution >= 0.6 is 0 Å². The molecule has 0 spiro atoms. The Labute approximate surface area is 369 Å². The van der Waals surface area contributed by atoms with Crippen molar-refractivity contribution >= 4 is 33.9 Å². The second-order valence-corrected chi connectivity index (χ2v) is 16.7. The molecule has 63 heavy (non-hydrogen) atoms. The number of benzene rings is 4. The van der Waals surface area contributed by atoms with Crippen LogP contribution in [0.25, 0.3) is 50.1 Å². The standard InChI is InChI=1S/C57H48N6/c1-34-7-25-49(58-34)55(50-26-8-35(2)59-50)43-19-13-40(14-20-43)46-31-47(41-15-21-44(22-16-41)56(51-27-9-36(3)60-51)52-28-10-37(4)61-52)33-48(32-46)42-17-23-45(24-18-42)57(53-29-11-38(5)62-53)54-30-12-39(6)63-54/h7-33,58,60,62H,1-6H3. The average molecular weight is 817 g/mol. The fourth-order valence-corrected chi connectivity index (χ4v) is 8.70. The summed E-state index contributed by atoms with van der Waals surface area (Å²) < 4.78 is 0. The maximum atomic E-state index is 4.88. The molecule has 3 N–H and O–H groups in total. The third kappa shape index (κ3) is 7.95. The van der Waals surface area contributed by atoms with Gasteiger partial charge in [-0.1, -0.05) is 72.8 Å². The van der Waals surface area contributed by atoms with Gasteiger partial charge in [0.05, 0.1) is 17.1 Å². The minimum atomic E-state index is 0.963. The van der Waals surface area contributed by atoms with Crippen molar-refractivity contribution < 1.29 is 0 Å². The number of aromatic nitrogens is 3. The van der Waals surface area contributed by atoms with Crippen LogP contribution in [0.1, 0.15) is 71.6 Å². The number of allylic oxidation sites excluding steroid dienone is 6. The molecule has 3 aliphatic rings. The number of hydrogen-bond acceptors (Lipinski definition) is 3. The van der Waals surface area contributed by atoms with Crippen molar-refractivity contribution in [2.24, 2.45) is 15.0 Å².